The highest BCUT2D eigenvalue weighted by Crippen LogP contribution is 2.32. The molecule has 2 heterocycles. The molecule has 1 aromatic carbocycles. The van der Waals surface area contributed by atoms with Crippen molar-refractivity contribution in [1.82, 2.24) is 14.9 Å². The van der Waals surface area contributed by atoms with Crippen LogP contribution in [0.5, 0.6) is 0 Å². The Kier molecular flexibility index (Phi) is 6.62. The van der Waals surface area contributed by atoms with Crippen molar-refractivity contribution in [2.75, 3.05) is 7.05 Å². The van der Waals surface area contributed by atoms with Crippen LogP contribution >= 0.6 is 22.7 Å². The highest BCUT2D eigenvalue weighted by Gasteiger charge is 2.25. The van der Waals surface area contributed by atoms with Crippen molar-refractivity contribution in [1.29, 1.82) is 0 Å². The summed E-state index contributed by atoms with van der Waals surface area (Å²) in [5.74, 6) is 0.366. The van der Waals surface area contributed by atoms with Gasteiger partial charge in [-0.3, -0.25) is 4.79 Å². The summed E-state index contributed by atoms with van der Waals surface area (Å²) in [6, 6.07) is 10.3. The topological polar surface area (TPSA) is 46.1 Å². The molecule has 1 amide bonds. The van der Waals surface area contributed by atoms with Crippen LogP contribution in [0.4, 0.5) is 0 Å². The first-order chi connectivity index (χ1) is 13.4. The predicted molar refractivity (Wildman–Crippen MR) is 117 cm³/mol. The SMILES string of the molecule is Cc1nc(C(C)C)sc1C(C)N(C)C(=O)c1csc(CCc2ccccc2)n1. The van der Waals surface area contributed by atoms with E-state index >= 15 is 0 Å². The number of thiazole rings is 2. The molecule has 0 fully saturated rings. The van der Waals surface area contributed by atoms with Crippen molar-refractivity contribution in [3.05, 3.63) is 67.6 Å². The maximum Gasteiger partial charge on any atom is 0.273 e. The van der Waals surface area contributed by atoms with Gasteiger partial charge in [0.05, 0.1) is 21.8 Å². The van der Waals surface area contributed by atoms with Gasteiger partial charge in [0.15, 0.2) is 0 Å². The Hall–Kier alpha value is -2.05. The quantitative estimate of drug-likeness (QED) is 0.503. The summed E-state index contributed by atoms with van der Waals surface area (Å²) in [6.45, 7) is 8.38. The Balaban J connectivity index is 1.67. The highest BCUT2D eigenvalue weighted by molar-refractivity contribution is 7.12. The summed E-state index contributed by atoms with van der Waals surface area (Å²) in [5.41, 5.74) is 2.84. The third-order valence-corrected chi connectivity index (χ3v) is 7.40. The fraction of sp³-hybridized carbons (Fsp3) is 0.409. The molecule has 148 valence electrons. The second-order valence-corrected chi connectivity index (χ2v) is 9.37. The molecule has 3 aromatic rings. The van der Waals surface area contributed by atoms with Gasteiger partial charge in [0.25, 0.3) is 5.91 Å². The number of hydrogen-bond acceptors (Lipinski definition) is 5. The number of hydrogen-bond donors (Lipinski definition) is 0. The molecule has 4 nitrogen and oxygen atoms in total. The molecular weight excluding hydrogens is 386 g/mol. The Bertz CT molecular complexity index is 930. The minimum absolute atomic E-state index is 0.0213. The fourth-order valence-electron chi connectivity index (χ4n) is 3.02. The molecule has 0 saturated heterocycles. The van der Waals surface area contributed by atoms with Crippen LogP contribution in [0.2, 0.25) is 0 Å². The lowest BCUT2D eigenvalue weighted by Gasteiger charge is -2.23. The first kappa shape index (κ1) is 20.7. The van der Waals surface area contributed by atoms with E-state index in [1.54, 1.807) is 27.6 Å². The molecule has 0 bridgehead atoms. The van der Waals surface area contributed by atoms with Gasteiger partial charge in [0.2, 0.25) is 0 Å². The second kappa shape index (κ2) is 8.97. The molecule has 1 atom stereocenters. The fourth-order valence-corrected chi connectivity index (χ4v) is 4.95. The monoisotopic (exact) mass is 413 g/mol. The van der Waals surface area contributed by atoms with Gasteiger partial charge in [-0.05, 0) is 25.8 Å². The zero-order valence-electron chi connectivity index (χ0n) is 17.1. The zero-order chi connectivity index (χ0) is 20.3. The van der Waals surface area contributed by atoms with Crippen LogP contribution in [-0.2, 0) is 12.8 Å². The highest BCUT2D eigenvalue weighted by atomic mass is 32.1. The Morgan fingerprint density at radius 2 is 1.82 bits per heavy atom. The molecule has 0 spiro atoms. The van der Waals surface area contributed by atoms with Crippen molar-refractivity contribution in [2.24, 2.45) is 0 Å². The Morgan fingerprint density at radius 1 is 1.11 bits per heavy atom. The number of carbonyl (C=O) groups excluding carboxylic acids is 1. The van der Waals surface area contributed by atoms with Gasteiger partial charge in [0, 0.05) is 29.6 Å². The van der Waals surface area contributed by atoms with Crippen LogP contribution < -0.4 is 0 Å². The minimum atomic E-state index is -0.0337. The average molecular weight is 414 g/mol. The van der Waals surface area contributed by atoms with Crippen molar-refractivity contribution < 1.29 is 4.79 Å². The third kappa shape index (κ3) is 4.67. The van der Waals surface area contributed by atoms with Crippen LogP contribution in [0, 0.1) is 6.92 Å². The normalized spacial score (nSPS) is 12.4. The van der Waals surface area contributed by atoms with E-state index in [9.17, 15) is 4.79 Å². The van der Waals surface area contributed by atoms with Gasteiger partial charge in [-0.2, -0.15) is 0 Å². The van der Waals surface area contributed by atoms with Gasteiger partial charge in [-0.1, -0.05) is 44.2 Å². The number of aromatic nitrogens is 2. The van der Waals surface area contributed by atoms with Crippen LogP contribution in [-0.4, -0.2) is 27.8 Å². The molecule has 1 unspecified atom stereocenters. The molecule has 0 saturated carbocycles. The van der Waals surface area contributed by atoms with Crippen molar-refractivity contribution in [2.45, 2.75) is 52.5 Å². The molecule has 0 aliphatic heterocycles. The number of aryl methyl sites for hydroxylation is 3. The van der Waals surface area contributed by atoms with Crippen LogP contribution in [0.1, 0.15) is 69.4 Å². The smallest absolute Gasteiger partial charge is 0.273 e. The molecule has 0 aliphatic rings. The predicted octanol–water partition coefficient (Wildman–Crippen LogP) is 5.65. The van der Waals surface area contributed by atoms with Crippen LogP contribution in [0.15, 0.2) is 35.7 Å². The summed E-state index contributed by atoms with van der Waals surface area (Å²) < 4.78 is 0. The second-order valence-electron chi connectivity index (χ2n) is 7.36. The molecule has 3 rings (SSSR count). The lowest BCUT2D eigenvalue weighted by atomic mass is 10.1. The lowest BCUT2D eigenvalue weighted by Crippen LogP contribution is -2.29. The summed E-state index contributed by atoms with van der Waals surface area (Å²) in [5, 5.41) is 4.01. The molecule has 0 radical (unpaired) electrons. The van der Waals surface area contributed by atoms with E-state index in [4.69, 9.17) is 0 Å². The number of amides is 1. The summed E-state index contributed by atoms with van der Waals surface area (Å²) >= 11 is 3.27. The number of benzene rings is 1. The molecule has 2 aromatic heterocycles. The van der Waals surface area contributed by atoms with Crippen molar-refractivity contribution in [3.63, 3.8) is 0 Å². The zero-order valence-corrected chi connectivity index (χ0v) is 18.7. The van der Waals surface area contributed by atoms with Gasteiger partial charge >= 0.3 is 0 Å². The molecule has 6 heteroatoms. The first-order valence-corrected chi connectivity index (χ1v) is 11.3. The van der Waals surface area contributed by atoms with Crippen LogP contribution in [0.3, 0.4) is 0 Å². The summed E-state index contributed by atoms with van der Waals surface area (Å²) in [4.78, 5) is 25.1. The van der Waals surface area contributed by atoms with Gasteiger partial charge in [-0.25, -0.2) is 9.97 Å². The van der Waals surface area contributed by atoms with E-state index in [2.05, 4.69) is 55.0 Å². The van der Waals surface area contributed by atoms with E-state index < -0.39 is 0 Å². The van der Waals surface area contributed by atoms with E-state index in [1.807, 2.05) is 25.4 Å². The minimum Gasteiger partial charge on any atom is -0.333 e. The maximum absolute atomic E-state index is 13.0. The van der Waals surface area contributed by atoms with E-state index in [0.29, 0.717) is 11.6 Å². The largest absolute Gasteiger partial charge is 0.333 e. The van der Waals surface area contributed by atoms with Crippen LogP contribution in [0.25, 0.3) is 0 Å². The number of nitrogens with zero attached hydrogens (tertiary/aromatic N) is 3. The molecule has 0 aliphatic carbocycles. The Labute approximate surface area is 175 Å². The van der Waals surface area contributed by atoms with E-state index in [-0.39, 0.29) is 11.9 Å². The number of carbonyl (C=O) groups is 1. The molecular formula is C22H27N3OS2. The maximum atomic E-state index is 13.0. The molecule has 28 heavy (non-hydrogen) atoms. The van der Waals surface area contributed by atoms with E-state index in [1.165, 1.54) is 5.56 Å². The van der Waals surface area contributed by atoms with Gasteiger partial charge in [0.1, 0.15) is 5.69 Å². The molecule has 0 N–H and O–H groups in total. The standard InChI is InChI=1S/C22H27N3OS2/c1-14(2)21-23-15(3)20(28-21)16(4)25(5)22(26)18-13-27-19(24-18)12-11-17-9-7-6-8-10-17/h6-10,13-14,16H,11-12H2,1-5H3. The number of rotatable bonds is 7. The van der Waals surface area contributed by atoms with Gasteiger partial charge < -0.3 is 4.90 Å². The van der Waals surface area contributed by atoms with Crippen molar-refractivity contribution in [3.8, 4) is 0 Å². The first-order valence-electron chi connectivity index (χ1n) is 9.59. The van der Waals surface area contributed by atoms with Crippen molar-refractivity contribution >= 4 is 28.6 Å². The lowest BCUT2D eigenvalue weighted by molar-refractivity contribution is 0.0739. The van der Waals surface area contributed by atoms with Gasteiger partial charge in [-0.15, -0.1) is 22.7 Å². The summed E-state index contributed by atoms with van der Waals surface area (Å²) in [6.07, 6.45) is 1.79. The summed E-state index contributed by atoms with van der Waals surface area (Å²) in [7, 11) is 1.85. The Morgan fingerprint density at radius 3 is 2.46 bits per heavy atom. The van der Waals surface area contributed by atoms with E-state index in [0.717, 1.165) is 33.4 Å². The third-order valence-electron chi connectivity index (χ3n) is 4.86. The average Bonchev–Trinajstić information content (AvgIpc) is 3.32.